The lowest BCUT2D eigenvalue weighted by molar-refractivity contribution is -0.119. The summed E-state index contributed by atoms with van der Waals surface area (Å²) in [5.74, 6) is 0.224. The lowest BCUT2D eigenvalue weighted by atomic mass is 9.85. The number of carbonyl (C=O) groups excluding carboxylic acids is 1. The van der Waals surface area contributed by atoms with Crippen LogP contribution in [0, 0.1) is 0 Å². The van der Waals surface area contributed by atoms with Gasteiger partial charge >= 0.3 is 0 Å². The molecule has 0 aromatic heterocycles. The van der Waals surface area contributed by atoms with Gasteiger partial charge in [0.1, 0.15) is 13.6 Å². The van der Waals surface area contributed by atoms with Crippen LogP contribution >= 0.6 is 0 Å². The van der Waals surface area contributed by atoms with Gasteiger partial charge in [-0.25, -0.2) is 0 Å². The SMILES string of the molecule is [B]c1cc(C2(C(C)=O)CC2)ccc1N. The Balaban J connectivity index is 2.43. The first-order chi connectivity index (χ1) is 6.56. The Hall–Kier alpha value is -1.25. The molecule has 2 radical (unpaired) electrons. The molecule has 1 fully saturated rings. The molecule has 1 aliphatic rings. The van der Waals surface area contributed by atoms with Crippen molar-refractivity contribution in [2.24, 2.45) is 0 Å². The summed E-state index contributed by atoms with van der Waals surface area (Å²) in [6.45, 7) is 1.64. The highest BCUT2D eigenvalue weighted by atomic mass is 16.1. The van der Waals surface area contributed by atoms with Gasteiger partial charge in [-0.1, -0.05) is 17.6 Å². The summed E-state index contributed by atoms with van der Waals surface area (Å²) in [7, 11) is 5.71. The molecular weight excluding hydrogens is 173 g/mol. The Kier molecular flexibility index (Phi) is 1.91. The summed E-state index contributed by atoms with van der Waals surface area (Å²) in [4.78, 5) is 11.5. The van der Waals surface area contributed by atoms with Gasteiger partial charge in [0.15, 0.2) is 0 Å². The average molecular weight is 185 g/mol. The topological polar surface area (TPSA) is 43.1 Å². The van der Waals surface area contributed by atoms with E-state index in [0.717, 1.165) is 18.4 Å². The number of rotatable bonds is 2. The van der Waals surface area contributed by atoms with Crippen LogP contribution < -0.4 is 11.2 Å². The van der Waals surface area contributed by atoms with Crippen LogP contribution in [0.3, 0.4) is 0 Å². The molecule has 70 valence electrons. The fourth-order valence-electron chi connectivity index (χ4n) is 1.84. The molecule has 2 rings (SSSR count). The van der Waals surface area contributed by atoms with Crippen LogP contribution in [0.5, 0.6) is 0 Å². The Morgan fingerprint density at radius 3 is 2.57 bits per heavy atom. The first-order valence-electron chi connectivity index (χ1n) is 4.73. The van der Waals surface area contributed by atoms with E-state index in [1.807, 2.05) is 12.1 Å². The van der Waals surface area contributed by atoms with Crippen molar-refractivity contribution in [3.05, 3.63) is 23.8 Å². The van der Waals surface area contributed by atoms with Gasteiger partial charge in [-0.3, -0.25) is 4.79 Å². The lowest BCUT2D eigenvalue weighted by Crippen LogP contribution is -2.20. The monoisotopic (exact) mass is 185 g/mol. The predicted octanol–water partition coefficient (Wildman–Crippen LogP) is 0.683. The second-order valence-corrected chi connectivity index (χ2v) is 3.98. The number of hydrogen-bond donors (Lipinski definition) is 1. The van der Waals surface area contributed by atoms with E-state index in [0.29, 0.717) is 11.2 Å². The quantitative estimate of drug-likeness (QED) is 0.543. The maximum Gasteiger partial charge on any atom is 0.140 e. The zero-order valence-electron chi connectivity index (χ0n) is 8.21. The van der Waals surface area contributed by atoms with Gasteiger partial charge in [0.2, 0.25) is 0 Å². The van der Waals surface area contributed by atoms with Crippen molar-refractivity contribution in [2.45, 2.75) is 25.2 Å². The minimum absolute atomic E-state index is 0.224. The Labute approximate surface area is 84.9 Å². The molecular formula is C11H12BNO. The second kappa shape index (κ2) is 2.87. The van der Waals surface area contributed by atoms with Gasteiger partial charge in [0.25, 0.3) is 0 Å². The molecule has 1 aromatic rings. The van der Waals surface area contributed by atoms with Gasteiger partial charge < -0.3 is 5.73 Å². The molecule has 0 heterocycles. The van der Waals surface area contributed by atoms with Crippen LogP contribution in [0.2, 0.25) is 0 Å². The molecule has 2 N–H and O–H groups in total. The molecule has 0 bridgehead atoms. The van der Waals surface area contributed by atoms with Crippen molar-refractivity contribution in [1.29, 1.82) is 0 Å². The first kappa shape index (κ1) is 9.32. The Morgan fingerprint density at radius 1 is 1.50 bits per heavy atom. The number of anilines is 1. The van der Waals surface area contributed by atoms with Crippen LogP contribution in [0.25, 0.3) is 0 Å². The summed E-state index contributed by atoms with van der Waals surface area (Å²) in [5, 5.41) is 0. The van der Waals surface area contributed by atoms with Crippen molar-refractivity contribution in [3.63, 3.8) is 0 Å². The van der Waals surface area contributed by atoms with E-state index in [9.17, 15) is 4.79 Å². The minimum atomic E-state index is -0.248. The van der Waals surface area contributed by atoms with Gasteiger partial charge in [0.05, 0.1) is 5.41 Å². The second-order valence-electron chi connectivity index (χ2n) is 3.98. The number of Topliss-reactive ketones (excluding diaryl/α,β-unsaturated/α-hetero) is 1. The van der Waals surface area contributed by atoms with Crippen LogP contribution in [-0.2, 0) is 10.2 Å². The van der Waals surface area contributed by atoms with Crippen LogP contribution in [0.15, 0.2) is 18.2 Å². The van der Waals surface area contributed by atoms with Crippen molar-refractivity contribution in [3.8, 4) is 0 Å². The molecule has 0 unspecified atom stereocenters. The van der Waals surface area contributed by atoms with E-state index in [-0.39, 0.29) is 11.2 Å². The number of hydrogen-bond acceptors (Lipinski definition) is 2. The summed E-state index contributed by atoms with van der Waals surface area (Å²) >= 11 is 0. The summed E-state index contributed by atoms with van der Waals surface area (Å²) in [6, 6.07) is 5.50. The normalized spacial score (nSPS) is 17.8. The van der Waals surface area contributed by atoms with Gasteiger partial charge in [-0.15, -0.1) is 0 Å². The third-order valence-corrected chi connectivity index (χ3v) is 3.06. The highest BCUT2D eigenvalue weighted by molar-refractivity contribution is 6.35. The Bertz CT molecular complexity index is 396. The van der Waals surface area contributed by atoms with E-state index < -0.39 is 0 Å². The fraction of sp³-hybridized carbons (Fsp3) is 0.364. The van der Waals surface area contributed by atoms with E-state index in [1.165, 1.54) is 0 Å². The van der Waals surface area contributed by atoms with Crippen molar-refractivity contribution < 1.29 is 4.79 Å². The largest absolute Gasteiger partial charge is 0.399 e. The molecule has 0 aliphatic heterocycles. The zero-order chi connectivity index (χ0) is 10.3. The number of benzene rings is 1. The molecule has 0 saturated heterocycles. The highest BCUT2D eigenvalue weighted by Gasteiger charge is 2.48. The molecule has 14 heavy (non-hydrogen) atoms. The van der Waals surface area contributed by atoms with Crippen LogP contribution in [0.4, 0.5) is 5.69 Å². The number of nitrogen functional groups attached to an aromatic ring is 1. The smallest absolute Gasteiger partial charge is 0.140 e. The number of nitrogens with two attached hydrogens (primary N) is 1. The fourth-order valence-corrected chi connectivity index (χ4v) is 1.84. The maximum atomic E-state index is 11.5. The molecule has 0 amide bonds. The van der Waals surface area contributed by atoms with Crippen LogP contribution in [-0.4, -0.2) is 13.6 Å². The standard InChI is InChI=1S/C11H12BNO/c1-7(14)11(4-5-11)8-2-3-10(13)9(12)6-8/h2-3,6H,4-5,13H2,1H3. The highest BCUT2D eigenvalue weighted by Crippen LogP contribution is 2.48. The summed E-state index contributed by atoms with van der Waals surface area (Å²) in [6.07, 6.45) is 1.87. The van der Waals surface area contributed by atoms with Crippen LogP contribution in [0.1, 0.15) is 25.3 Å². The van der Waals surface area contributed by atoms with E-state index in [1.54, 1.807) is 13.0 Å². The zero-order valence-corrected chi connectivity index (χ0v) is 8.21. The van der Waals surface area contributed by atoms with Crippen molar-refractivity contribution in [2.75, 3.05) is 5.73 Å². The van der Waals surface area contributed by atoms with Gasteiger partial charge in [-0.2, -0.15) is 0 Å². The maximum absolute atomic E-state index is 11.5. The van der Waals surface area contributed by atoms with E-state index >= 15 is 0 Å². The number of ketones is 1. The van der Waals surface area contributed by atoms with E-state index in [4.69, 9.17) is 13.6 Å². The third kappa shape index (κ3) is 1.24. The molecule has 2 nitrogen and oxygen atoms in total. The van der Waals surface area contributed by atoms with Crippen molar-refractivity contribution >= 4 is 24.8 Å². The van der Waals surface area contributed by atoms with Crippen molar-refractivity contribution in [1.82, 2.24) is 0 Å². The average Bonchev–Trinajstić information content (AvgIpc) is 2.90. The first-order valence-corrected chi connectivity index (χ1v) is 4.73. The summed E-state index contributed by atoms with van der Waals surface area (Å²) < 4.78 is 0. The molecule has 1 aromatic carbocycles. The van der Waals surface area contributed by atoms with Gasteiger partial charge in [-0.05, 0) is 31.4 Å². The lowest BCUT2D eigenvalue weighted by Gasteiger charge is -2.13. The van der Waals surface area contributed by atoms with E-state index in [2.05, 4.69) is 0 Å². The third-order valence-electron chi connectivity index (χ3n) is 3.06. The number of carbonyl (C=O) groups is 1. The Morgan fingerprint density at radius 2 is 2.14 bits per heavy atom. The van der Waals surface area contributed by atoms with Gasteiger partial charge in [0, 0.05) is 5.69 Å². The summed E-state index contributed by atoms with van der Waals surface area (Å²) in [5.41, 5.74) is 7.52. The minimum Gasteiger partial charge on any atom is -0.399 e. The molecule has 3 heteroatoms. The molecule has 1 aliphatic carbocycles. The molecule has 0 atom stereocenters. The molecule has 0 spiro atoms. The molecule has 1 saturated carbocycles. The predicted molar refractivity (Wildman–Crippen MR) is 57.8 cm³/mol.